The van der Waals surface area contributed by atoms with Gasteiger partial charge in [-0.25, -0.2) is 9.78 Å². The Balaban J connectivity index is 2.27. The number of aryl methyl sites for hydroxylation is 1. The van der Waals surface area contributed by atoms with Gasteiger partial charge in [-0.3, -0.25) is 9.55 Å². The summed E-state index contributed by atoms with van der Waals surface area (Å²) in [5, 5.41) is 0. The first-order valence-electron chi connectivity index (χ1n) is 6.74. The maximum absolute atomic E-state index is 12.0. The van der Waals surface area contributed by atoms with Crippen molar-refractivity contribution in [2.45, 2.75) is 27.3 Å². The van der Waals surface area contributed by atoms with Crippen molar-refractivity contribution in [3.05, 3.63) is 46.4 Å². The molecule has 106 valence electrons. The molecule has 0 bridgehead atoms. The number of nitrogens with zero attached hydrogens (tertiary/aromatic N) is 5. The van der Waals surface area contributed by atoms with E-state index in [0.717, 1.165) is 24.3 Å². The molecule has 0 amide bonds. The van der Waals surface area contributed by atoms with Crippen molar-refractivity contribution in [3.63, 3.8) is 0 Å². The fraction of sp³-hybridized carbons (Fsp3) is 0.429. The van der Waals surface area contributed by atoms with Crippen molar-refractivity contribution in [2.75, 3.05) is 18.0 Å². The average Bonchev–Trinajstić information content (AvgIpc) is 2.45. The standard InChI is InChI=1S/C14H19N5O/c1-4-18(5-2)13-16-10-19(14(20)17-13)9-12-11(3)7-6-8-15-12/h6-8,10H,4-5,9H2,1-3H3. The Morgan fingerprint density at radius 1 is 1.25 bits per heavy atom. The zero-order valence-electron chi connectivity index (χ0n) is 12.1. The van der Waals surface area contributed by atoms with E-state index >= 15 is 0 Å². The van der Waals surface area contributed by atoms with Crippen LogP contribution < -0.4 is 10.6 Å². The lowest BCUT2D eigenvalue weighted by Crippen LogP contribution is -2.31. The Kier molecular flexibility index (Phi) is 4.45. The van der Waals surface area contributed by atoms with Gasteiger partial charge in [-0.1, -0.05) is 6.07 Å². The summed E-state index contributed by atoms with van der Waals surface area (Å²) in [4.78, 5) is 26.6. The molecule has 0 aromatic carbocycles. The molecule has 6 nitrogen and oxygen atoms in total. The fourth-order valence-electron chi connectivity index (χ4n) is 1.96. The van der Waals surface area contributed by atoms with Crippen molar-refractivity contribution in [1.29, 1.82) is 0 Å². The molecule has 0 atom stereocenters. The maximum Gasteiger partial charge on any atom is 0.352 e. The number of hydrogen-bond acceptors (Lipinski definition) is 5. The van der Waals surface area contributed by atoms with Crippen molar-refractivity contribution < 1.29 is 0 Å². The SMILES string of the molecule is CCN(CC)c1ncn(Cc2ncccc2C)c(=O)n1. The Hall–Kier alpha value is -2.24. The molecule has 0 aliphatic heterocycles. The number of hydrogen-bond donors (Lipinski definition) is 0. The van der Waals surface area contributed by atoms with Gasteiger partial charge in [0.25, 0.3) is 0 Å². The molecule has 6 heteroatoms. The van der Waals surface area contributed by atoms with E-state index in [2.05, 4.69) is 15.0 Å². The lowest BCUT2D eigenvalue weighted by atomic mass is 10.2. The Labute approximate surface area is 118 Å². The molecule has 0 saturated carbocycles. The first kappa shape index (κ1) is 14.2. The normalized spacial score (nSPS) is 10.6. The van der Waals surface area contributed by atoms with E-state index in [1.807, 2.05) is 37.8 Å². The van der Waals surface area contributed by atoms with Crippen LogP contribution >= 0.6 is 0 Å². The highest BCUT2D eigenvalue weighted by Crippen LogP contribution is 2.05. The van der Waals surface area contributed by atoms with Crippen LogP contribution in [0.4, 0.5) is 5.95 Å². The van der Waals surface area contributed by atoms with Crippen molar-refractivity contribution in [2.24, 2.45) is 0 Å². The van der Waals surface area contributed by atoms with Crippen LogP contribution in [0.1, 0.15) is 25.1 Å². The van der Waals surface area contributed by atoms with Gasteiger partial charge in [0, 0.05) is 19.3 Å². The second-order valence-electron chi connectivity index (χ2n) is 4.51. The third-order valence-electron chi connectivity index (χ3n) is 3.24. The van der Waals surface area contributed by atoms with Crippen LogP contribution in [0, 0.1) is 6.92 Å². The highest BCUT2D eigenvalue weighted by molar-refractivity contribution is 5.26. The summed E-state index contributed by atoms with van der Waals surface area (Å²) in [6.07, 6.45) is 3.26. The number of pyridine rings is 1. The fourth-order valence-corrected chi connectivity index (χ4v) is 1.96. The zero-order valence-corrected chi connectivity index (χ0v) is 12.1. The molecule has 0 aliphatic carbocycles. The predicted octanol–water partition coefficient (Wildman–Crippen LogP) is 1.24. The number of rotatable bonds is 5. The van der Waals surface area contributed by atoms with Crippen molar-refractivity contribution >= 4 is 5.95 Å². The van der Waals surface area contributed by atoms with Crippen LogP contribution in [0.3, 0.4) is 0 Å². The minimum absolute atomic E-state index is 0.299. The lowest BCUT2D eigenvalue weighted by molar-refractivity contribution is 0.671. The second-order valence-corrected chi connectivity index (χ2v) is 4.51. The Morgan fingerprint density at radius 2 is 2.00 bits per heavy atom. The molecule has 0 fully saturated rings. The van der Waals surface area contributed by atoms with Gasteiger partial charge >= 0.3 is 5.69 Å². The topological polar surface area (TPSA) is 63.9 Å². The van der Waals surface area contributed by atoms with Gasteiger partial charge in [0.1, 0.15) is 6.33 Å². The van der Waals surface area contributed by atoms with E-state index in [0.29, 0.717) is 12.5 Å². The smallest absolute Gasteiger partial charge is 0.341 e. The van der Waals surface area contributed by atoms with E-state index in [-0.39, 0.29) is 5.69 Å². The van der Waals surface area contributed by atoms with Crippen LogP contribution in [0.5, 0.6) is 0 Å². The molecule has 0 N–H and O–H groups in total. The molecular formula is C14H19N5O. The summed E-state index contributed by atoms with van der Waals surface area (Å²) >= 11 is 0. The maximum atomic E-state index is 12.0. The molecule has 20 heavy (non-hydrogen) atoms. The van der Waals surface area contributed by atoms with Crippen LogP contribution in [0.25, 0.3) is 0 Å². The molecule has 0 saturated heterocycles. The van der Waals surface area contributed by atoms with E-state index in [1.165, 1.54) is 10.9 Å². The summed E-state index contributed by atoms with van der Waals surface area (Å²) in [7, 11) is 0. The number of aromatic nitrogens is 4. The highest BCUT2D eigenvalue weighted by Gasteiger charge is 2.08. The quantitative estimate of drug-likeness (QED) is 0.820. The van der Waals surface area contributed by atoms with E-state index in [4.69, 9.17) is 0 Å². The summed E-state index contributed by atoms with van der Waals surface area (Å²) in [6, 6.07) is 3.85. The molecule has 2 aromatic rings. The van der Waals surface area contributed by atoms with Crippen LogP contribution in [-0.2, 0) is 6.54 Å². The molecule has 2 rings (SSSR count). The lowest BCUT2D eigenvalue weighted by Gasteiger charge is -2.18. The summed E-state index contributed by atoms with van der Waals surface area (Å²) in [5.41, 5.74) is 1.60. The van der Waals surface area contributed by atoms with Gasteiger partial charge in [0.15, 0.2) is 0 Å². The molecule has 0 radical (unpaired) electrons. The van der Waals surface area contributed by atoms with Crippen LogP contribution in [0.2, 0.25) is 0 Å². The average molecular weight is 273 g/mol. The predicted molar refractivity (Wildman–Crippen MR) is 77.9 cm³/mol. The van der Waals surface area contributed by atoms with E-state index < -0.39 is 0 Å². The van der Waals surface area contributed by atoms with Crippen LogP contribution in [0.15, 0.2) is 29.5 Å². The van der Waals surface area contributed by atoms with Crippen LogP contribution in [-0.4, -0.2) is 32.6 Å². The summed E-state index contributed by atoms with van der Waals surface area (Å²) in [6.45, 7) is 7.94. The second kappa shape index (κ2) is 6.27. The minimum atomic E-state index is -0.299. The van der Waals surface area contributed by atoms with Gasteiger partial charge in [-0.15, -0.1) is 0 Å². The monoisotopic (exact) mass is 273 g/mol. The first-order valence-corrected chi connectivity index (χ1v) is 6.74. The summed E-state index contributed by atoms with van der Waals surface area (Å²) in [5.74, 6) is 0.481. The van der Waals surface area contributed by atoms with Gasteiger partial charge in [0.05, 0.1) is 12.2 Å². The van der Waals surface area contributed by atoms with Gasteiger partial charge in [-0.2, -0.15) is 4.98 Å². The van der Waals surface area contributed by atoms with Crippen molar-refractivity contribution in [3.8, 4) is 0 Å². The molecule has 0 unspecified atom stereocenters. The minimum Gasteiger partial charge on any atom is -0.341 e. The van der Waals surface area contributed by atoms with Gasteiger partial charge < -0.3 is 4.90 Å². The zero-order chi connectivity index (χ0) is 14.5. The summed E-state index contributed by atoms with van der Waals surface area (Å²) < 4.78 is 1.47. The third kappa shape index (κ3) is 3.01. The molecule has 0 spiro atoms. The Bertz CT molecular complexity index is 633. The molecule has 2 heterocycles. The van der Waals surface area contributed by atoms with Gasteiger partial charge in [-0.05, 0) is 32.4 Å². The van der Waals surface area contributed by atoms with Crippen molar-refractivity contribution in [1.82, 2.24) is 19.5 Å². The van der Waals surface area contributed by atoms with Gasteiger partial charge in [0.2, 0.25) is 5.95 Å². The van der Waals surface area contributed by atoms with E-state index in [1.54, 1.807) is 6.20 Å². The van der Waals surface area contributed by atoms with E-state index in [9.17, 15) is 4.79 Å². The molecule has 0 aliphatic rings. The third-order valence-corrected chi connectivity index (χ3v) is 3.24. The number of anilines is 1. The highest BCUT2D eigenvalue weighted by atomic mass is 16.1. The first-order chi connectivity index (χ1) is 9.65. The molecule has 2 aromatic heterocycles. The molecular weight excluding hydrogens is 254 g/mol. The largest absolute Gasteiger partial charge is 0.352 e. The Morgan fingerprint density at radius 3 is 2.60 bits per heavy atom.